The Kier molecular flexibility index (Phi) is 6.75. The van der Waals surface area contributed by atoms with Crippen molar-refractivity contribution in [1.29, 1.82) is 0 Å². The van der Waals surface area contributed by atoms with Crippen LogP contribution >= 0.6 is 11.6 Å². The highest BCUT2D eigenvalue weighted by molar-refractivity contribution is 6.34. The fraction of sp³-hybridized carbons (Fsp3) is 0.304. The molecule has 1 aliphatic heterocycles. The number of carbonyl (C=O) groups is 4. The maximum Gasteiger partial charge on any atom is 0.255 e. The Bertz CT molecular complexity index is 1020. The molecule has 0 saturated carbocycles. The minimum Gasteiger partial charge on any atom is -0.339 e. The Balaban J connectivity index is 1.71. The van der Waals surface area contributed by atoms with Crippen LogP contribution in [-0.2, 0) is 16.1 Å². The first kappa shape index (κ1) is 22.5. The van der Waals surface area contributed by atoms with Gasteiger partial charge >= 0.3 is 0 Å². The largest absolute Gasteiger partial charge is 0.339 e. The first-order chi connectivity index (χ1) is 14.7. The number of hydrogen-bond acceptors (Lipinski definition) is 4. The van der Waals surface area contributed by atoms with Gasteiger partial charge in [0, 0.05) is 37.1 Å². The molecule has 1 heterocycles. The summed E-state index contributed by atoms with van der Waals surface area (Å²) in [5.41, 5.74) is 1.90. The summed E-state index contributed by atoms with van der Waals surface area (Å²) >= 11 is 6.21. The lowest BCUT2D eigenvalue weighted by Crippen LogP contribution is -2.33. The van der Waals surface area contributed by atoms with Crippen LogP contribution < -0.4 is 5.32 Å². The van der Waals surface area contributed by atoms with Crippen LogP contribution in [0.2, 0.25) is 5.02 Å². The molecule has 7 nitrogen and oxygen atoms in total. The second-order valence-electron chi connectivity index (χ2n) is 7.73. The van der Waals surface area contributed by atoms with Gasteiger partial charge in [0.25, 0.3) is 11.8 Å². The van der Waals surface area contributed by atoms with Crippen LogP contribution in [0.25, 0.3) is 0 Å². The number of benzene rings is 2. The first-order valence-corrected chi connectivity index (χ1v) is 10.4. The van der Waals surface area contributed by atoms with Crippen molar-refractivity contribution in [2.75, 3.05) is 12.4 Å². The van der Waals surface area contributed by atoms with Crippen LogP contribution in [-0.4, -0.2) is 46.5 Å². The third-order valence-corrected chi connectivity index (χ3v) is 5.60. The van der Waals surface area contributed by atoms with Gasteiger partial charge in [0.2, 0.25) is 11.8 Å². The summed E-state index contributed by atoms with van der Waals surface area (Å²) in [6.07, 6.45) is 0.489. The monoisotopic (exact) mass is 441 g/mol. The number of halogens is 1. The van der Waals surface area contributed by atoms with Gasteiger partial charge in [-0.1, -0.05) is 23.7 Å². The van der Waals surface area contributed by atoms with E-state index in [1.807, 2.05) is 13.8 Å². The summed E-state index contributed by atoms with van der Waals surface area (Å²) in [4.78, 5) is 51.6. The van der Waals surface area contributed by atoms with Gasteiger partial charge < -0.3 is 10.2 Å². The Morgan fingerprint density at radius 1 is 1.03 bits per heavy atom. The van der Waals surface area contributed by atoms with Gasteiger partial charge in [0.15, 0.2) is 0 Å². The van der Waals surface area contributed by atoms with Gasteiger partial charge in [-0.15, -0.1) is 0 Å². The van der Waals surface area contributed by atoms with E-state index in [1.54, 1.807) is 54.4 Å². The molecule has 8 heteroatoms. The number of amides is 4. The Hall–Kier alpha value is -3.19. The maximum atomic E-state index is 12.7. The molecule has 0 radical (unpaired) electrons. The van der Waals surface area contributed by atoms with Gasteiger partial charge in [-0.25, -0.2) is 0 Å². The molecule has 0 atom stereocenters. The molecule has 0 aromatic heterocycles. The summed E-state index contributed by atoms with van der Waals surface area (Å²) in [6, 6.07) is 11.4. The van der Waals surface area contributed by atoms with E-state index in [9.17, 15) is 19.2 Å². The van der Waals surface area contributed by atoms with E-state index in [2.05, 4.69) is 5.32 Å². The Morgan fingerprint density at radius 3 is 2.19 bits per heavy atom. The Labute approximate surface area is 186 Å². The zero-order chi connectivity index (χ0) is 22.7. The minimum atomic E-state index is -0.386. The van der Waals surface area contributed by atoms with E-state index in [4.69, 9.17) is 11.6 Å². The summed E-state index contributed by atoms with van der Waals surface area (Å²) in [7, 11) is 1.71. The maximum absolute atomic E-state index is 12.7. The van der Waals surface area contributed by atoms with Crippen molar-refractivity contribution in [3.63, 3.8) is 0 Å². The van der Waals surface area contributed by atoms with E-state index in [0.717, 1.165) is 5.56 Å². The normalized spacial score (nSPS) is 13.6. The second-order valence-corrected chi connectivity index (χ2v) is 8.14. The fourth-order valence-electron chi connectivity index (χ4n) is 3.13. The summed E-state index contributed by atoms with van der Waals surface area (Å²) < 4.78 is 0. The number of rotatable bonds is 6. The molecule has 1 N–H and O–H groups in total. The average molecular weight is 442 g/mol. The number of hydrogen-bond donors (Lipinski definition) is 1. The third kappa shape index (κ3) is 5.11. The van der Waals surface area contributed by atoms with Gasteiger partial charge in [0.1, 0.15) is 0 Å². The van der Waals surface area contributed by atoms with Crippen molar-refractivity contribution in [1.82, 2.24) is 9.80 Å². The van der Waals surface area contributed by atoms with Crippen molar-refractivity contribution in [2.24, 2.45) is 0 Å². The predicted molar refractivity (Wildman–Crippen MR) is 118 cm³/mol. The van der Waals surface area contributed by atoms with E-state index in [0.29, 0.717) is 21.8 Å². The molecular formula is C23H24ClN3O4. The SMILES string of the molecule is CC(C)N(C)C(=O)c1ccc(Cl)c(NC(=O)c2ccc(CN3C(=O)CCC3=O)cc2)c1. The van der Waals surface area contributed by atoms with Gasteiger partial charge in [-0.2, -0.15) is 0 Å². The van der Waals surface area contributed by atoms with Crippen LogP contribution in [0.3, 0.4) is 0 Å². The quantitative estimate of drug-likeness (QED) is 0.692. The van der Waals surface area contributed by atoms with Crippen LogP contribution in [0.4, 0.5) is 5.69 Å². The highest BCUT2D eigenvalue weighted by Gasteiger charge is 2.28. The van der Waals surface area contributed by atoms with Crippen LogP contribution in [0, 0.1) is 0 Å². The number of nitrogens with zero attached hydrogens (tertiary/aromatic N) is 2. The van der Waals surface area contributed by atoms with E-state index in [1.165, 1.54) is 4.90 Å². The van der Waals surface area contributed by atoms with Crippen molar-refractivity contribution in [2.45, 2.75) is 39.3 Å². The predicted octanol–water partition coefficient (Wildman–Crippen LogP) is 3.72. The number of anilines is 1. The standard InChI is InChI=1S/C23H24ClN3O4/c1-14(2)26(3)23(31)17-8-9-18(24)19(12-17)25-22(30)16-6-4-15(5-7-16)13-27-20(28)10-11-21(27)29/h4-9,12,14H,10-11,13H2,1-3H3,(H,25,30). The van der Waals surface area contributed by atoms with Crippen LogP contribution in [0.5, 0.6) is 0 Å². The average Bonchev–Trinajstić information content (AvgIpc) is 3.06. The molecule has 0 spiro atoms. The lowest BCUT2D eigenvalue weighted by Gasteiger charge is -2.22. The number of imide groups is 1. The highest BCUT2D eigenvalue weighted by Crippen LogP contribution is 2.25. The van der Waals surface area contributed by atoms with Crippen LogP contribution in [0.1, 0.15) is 53.0 Å². The molecule has 1 aliphatic rings. The highest BCUT2D eigenvalue weighted by atomic mass is 35.5. The molecule has 2 aromatic carbocycles. The van der Waals surface area contributed by atoms with E-state index < -0.39 is 0 Å². The summed E-state index contributed by atoms with van der Waals surface area (Å²) in [6.45, 7) is 4.02. The molecule has 4 amide bonds. The molecule has 3 rings (SSSR count). The zero-order valence-electron chi connectivity index (χ0n) is 17.6. The van der Waals surface area contributed by atoms with E-state index >= 15 is 0 Å². The van der Waals surface area contributed by atoms with Gasteiger partial charge in [0.05, 0.1) is 17.3 Å². The smallest absolute Gasteiger partial charge is 0.255 e. The number of carbonyl (C=O) groups excluding carboxylic acids is 4. The Morgan fingerprint density at radius 2 is 1.61 bits per heavy atom. The topological polar surface area (TPSA) is 86.8 Å². The lowest BCUT2D eigenvalue weighted by atomic mass is 10.1. The molecule has 0 bridgehead atoms. The molecule has 162 valence electrons. The zero-order valence-corrected chi connectivity index (χ0v) is 18.4. The number of nitrogens with one attached hydrogen (secondary N) is 1. The molecule has 1 saturated heterocycles. The van der Waals surface area contributed by atoms with Crippen LogP contribution in [0.15, 0.2) is 42.5 Å². The number of likely N-dealkylation sites (tertiary alicyclic amines) is 1. The molecule has 0 aliphatic carbocycles. The lowest BCUT2D eigenvalue weighted by molar-refractivity contribution is -0.139. The molecule has 2 aromatic rings. The van der Waals surface area contributed by atoms with E-state index in [-0.39, 0.29) is 49.1 Å². The molecule has 0 unspecified atom stereocenters. The summed E-state index contributed by atoms with van der Waals surface area (Å²) in [5, 5.41) is 3.06. The summed E-state index contributed by atoms with van der Waals surface area (Å²) in [5.74, 6) is -0.917. The second kappa shape index (κ2) is 9.31. The van der Waals surface area contributed by atoms with Crippen molar-refractivity contribution in [3.8, 4) is 0 Å². The minimum absolute atomic E-state index is 0.0332. The van der Waals surface area contributed by atoms with Crippen molar-refractivity contribution < 1.29 is 19.2 Å². The molecular weight excluding hydrogens is 418 g/mol. The van der Waals surface area contributed by atoms with Crippen molar-refractivity contribution in [3.05, 3.63) is 64.2 Å². The van der Waals surface area contributed by atoms with Gasteiger partial charge in [-0.05, 0) is 49.7 Å². The van der Waals surface area contributed by atoms with Gasteiger partial charge in [-0.3, -0.25) is 24.1 Å². The third-order valence-electron chi connectivity index (χ3n) is 5.27. The fourth-order valence-corrected chi connectivity index (χ4v) is 3.29. The molecule has 31 heavy (non-hydrogen) atoms. The molecule has 1 fully saturated rings. The first-order valence-electron chi connectivity index (χ1n) is 9.97. The van der Waals surface area contributed by atoms with Crippen molar-refractivity contribution >= 4 is 40.9 Å².